The molecule has 1 amide bonds. The van der Waals surface area contributed by atoms with E-state index in [1.807, 2.05) is 19.9 Å². The summed E-state index contributed by atoms with van der Waals surface area (Å²) in [5, 5.41) is 0. The highest BCUT2D eigenvalue weighted by Gasteiger charge is 2.15. The van der Waals surface area contributed by atoms with Crippen LogP contribution in [0.3, 0.4) is 0 Å². The van der Waals surface area contributed by atoms with Crippen LogP contribution in [0, 0.1) is 13.8 Å². The van der Waals surface area contributed by atoms with Gasteiger partial charge in [-0.25, -0.2) is 0 Å². The van der Waals surface area contributed by atoms with E-state index >= 15 is 0 Å². The molecule has 0 unspecified atom stereocenters. The molecule has 110 valence electrons. The molecule has 0 radical (unpaired) electrons. The van der Waals surface area contributed by atoms with Crippen molar-refractivity contribution in [2.45, 2.75) is 20.5 Å². The highest BCUT2D eigenvalue weighted by molar-refractivity contribution is 5.96. The predicted octanol–water partition coefficient (Wildman–Crippen LogP) is 2.99. The standard InChI is InChI=1S/C17H19NO3/c1-11-7-8-12(2)13(9-11)10-21-16-14(17(18)19)5-4-6-15(16)20-3/h4-9H,10H2,1-3H3,(H2,18,19). The van der Waals surface area contributed by atoms with E-state index in [-0.39, 0.29) is 0 Å². The lowest BCUT2D eigenvalue weighted by atomic mass is 10.1. The summed E-state index contributed by atoms with van der Waals surface area (Å²) in [7, 11) is 1.53. The zero-order valence-electron chi connectivity index (χ0n) is 12.5. The number of hydrogen-bond donors (Lipinski definition) is 1. The van der Waals surface area contributed by atoms with Gasteiger partial charge < -0.3 is 15.2 Å². The molecule has 0 saturated heterocycles. The van der Waals surface area contributed by atoms with Gasteiger partial charge in [0.15, 0.2) is 11.5 Å². The van der Waals surface area contributed by atoms with Crippen molar-refractivity contribution in [3.63, 3.8) is 0 Å². The summed E-state index contributed by atoms with van der Waals surface area (Å²) in [6.45, 7) is 4.41. The van der Waals surface area contributed by atoms with E-state index in [4.69, 9.17) is 15.2 Å². The van der Waals surface area contributed by atoms with E-state index in [1.165, 1.54) is 7.11 Å². The van der Waals surface area contributed by atoms with Gasteiger partial charge in [-0.3, -0.25) is 4.79 Å². The van der Waals surface area contributed by atoms with Gasteiger partial charge in [-0.1, -0.05) is 29.8 Å². The third-order valence-corrected chi connectivity index (χ3v) is 3.34. The molecule has 2 N–H and O–H groups in total. The van der Waals surface area contributed by atoms with Crippen LogP contribution in [0.4, 0.5) is 0 Å². The Morgan fingerprint density at radius 3 is 2.62 bits per heavy atom. The fourth-order valence-electron chi connectivity index (χ4n) is 2.13. The van der Waals surface area contributed by atoms with Gasteiger partial charge in [0, 0.05) is 0 Å². The highest BCUT2D eigenvalue weighted by atomic mass is 16.5. The normalized spacial score (nSPS) is 10.2. The van der Waals surface area contributed by atoms with E-state index in [0.29, 0.717) is 23.7 Å². The Labute approximate surface area is 124 Å². The minimum Gasteiger partial charge on any atom is -0.493 e. The second kappa shape index (κ2) is 6.31. The van der Waals surface area contributed by atoms with Crippen LogP contribution in [0.15, 0.2) is 36.4 Å². The molecule has 0 atom stereocenters. The monoisotopic (exact) mass is 285 g/mol. The van der Waals surface area contributed by atoms with Crippen LogP contribution in [0.1, 0.15) is 27.0 Å². The number of aryl methyl sites for hydroxylation is 2. The SMILES string of the molecule is COc1cccc(C(N)=O)c1OCc1cc(C)ccc1C. The molecule has 0 bridgehead atoms. The average molecular weight is 285 g/mol. The predicted molar refractivity (Wildman–Crippen MR) is 81.8 cm³/mol. The number of hydrogen-bond acceptors (Lipinski definition) is 3. The largest absolute Gasteiger partial charge is 0.493 e. The van der Waals surface area contributed by atoms with E-state index in [2.05, 4.69) is 12.1 Å². The van der Waals surface area contributed by atoms with E-state index < -0.39 is 5.91 Å². The molecule has 0 aliphatic heterocycles. The maximum Gasteiger partial charge on any atom is 0.252 e. The van der Waals surface area contributed by atoms with Gasteiger partial charge in [0.25, 0.3) is 5.91 Å². The molecule has 4 nitrogen and oxygen atoms in total. The number of para-hydroxylation sites is 1. The molecule has 2 aromatic carbocycles. The first-order valence-corrected chi connectivity index (χ1v) is 6.68. The van der Waals surface area contributed by atoms with Crippen molar-refractivity contribution < 1.29 is 14.3 Å². The maximum absolute atomic E-state index is 11.5. The van der Waals surface area contributed by atoms with Crippen molar-refractivity contribution in [3.05, 3.63) is 58.7 Å². The quantitative estimate of drug-likeness (QED) is 0.918. The molecule has 2 rings (SSSR count). The van der Waals surface area contributed by atoms with Crippen LogP contribution in [0.25, 0.3) is 0 Å². The van der Waals surface area contributed by atoms with Gasteiger partial charge in [0.2, 0.25) is 0 Å². The fourth-order valence-corrected chi connectivity index (χ4v) is 2.13. The molecule has 0 spiro atoms. The van der Waals surface area contributed by atoms with Crippen molar-refractivity contribution in [1.29, 1.82) is 0 Å². The molecule has 4 heteroatoms. The highest BCUT2D eigenvalue weighted by Crippen LogP contribution is 2.31. The number of carbonyl (C=O) groups is 1. The lowest BCUT2D eigenvalue weighted by molar-refractivity contribution is 0.0995. The topological polar surface area (TPSA) is 61.5 Å². The number of methoxy groups -OCH3 is 1. The Hall–Kier alpha value is -2.49. The average Bonchev–Trinajstić information content (AvgIpc) is 2.47. The first-order chi connectivity index (χ1) is 10.0. The Balaban J connectivity index is 2.31. The lowest BCUT2D eigenvalue weighted by Crippen LogP contribution is -2.13. The first kappa shape index (κ1) is 14.9. The summed E-state index contributed by atoms with van der Waals surface area (Å²) in [4.78, 5) is 11.5. The minimum absolute atomic E-state index is 0.319. The van der Waals surface area contributed by atoms with Crippen LogP contribution in [0.5, 0.6) is 11.5 Å². The zero-order valence-corrected chi connectivity index (χ0v) is 12.5. The van der Waals surface area contributed by atoms with Crippen molar-refractivity contribution in [2.24, 2.45) is 5.73 Å². The van der Waals surface area contributed by atoms with Crippen molar-refractivity contribution in [3.8, 4) is 11.5 Å². The molecular weight excluding hydrogens is 266 g/mol. The number of primary amides is 1. The number of carbonyl (C=O) groups excluding carboxylic acids is 1. The zero-order chi connectivity index (χ0) is 15.4. The van der Waals surface area contributed by atoms with Crippen LogP contribution in [0.2, 0.25) is 0 Å². The summed E-state index contributed by atoms with van der Waals surface area (Å²) in [5.74, 6) is 0.342. The van der Waals surface area contributed by atoms with Crippen LogP contribution >= 0.6 is 0 Å². The van der Waals surface area contributed by atoms with E-state index in [0.717, 1.165) is 16.7 Å². The Morgan fingerprint density at radius 2 is 1.95 bits per heavy atom. The Kier molecular flexibility index (Phi) is 4.48. The summed E-state index contributed by atoms with van der Waals surface area (Å²) < 4.78 is 11.1. The van der Waals surface area contributed by atoms with Gasteiger partial charge in [0.05, 0.1) is 12.7 Å². The van der Waals surface area contributed by atoms with Gasteiger partial charge in [-0.15, -0.1) is 0 Å². The van der Waals surface area contributed by atoms with Crippen molar-refractivity contribution in [2.75, 3.05) is 7.11 Å². The van der Waals surface area contributed by atoms with Crippen LogP contribution < -0.4 is 15.2 Å². The van der Waals surface area contributed by atoms with Crippen LogP contribution in [-0.4, -0.2) is 13.0 Å². The molecule has 21 heavy (non-hydrogen) atoms. The summed E-state index contributed by atoms with van der Waals surface area (Å²) in [5.41, 5.74) is 9.07. The minimum atomic E-state index is -0.537. The molecule has 0 fully saturated rings. The fraction of sp³-hybridized carbons (Fsp3) is 0.235. The molecule has 0 heterocycles. The number of nitrogens with two attached hydrogens (primary N) is 1. The molecular formula is C17H19NO3. The second-order valence-corrected chi connectivity index (χ2v) is 4.92. The number of ether oxygens (including phenoxy) is 2. The third kappa shape index (κ3) is 3.34. The van der Waals surface area contributed by atoms with Gasteiger partial charge in [-0.05, 0) is 37.1 Å². The maximum atomic E-state index is 11.5. The molecule has 2 aromatic rings. The number of rotatable bonds is 5. The molecule has 0 saturated carbocycles. The van der Waals surface area contributed by atoms with Crippen molar-refractivity contribution >= 4 is 5.91 Å². The van der Waals surface area contributed by atoms with Crippen molar-refractivity contribution in [1.82, 2.24) is 0 Å². The summed E-state index contributed by atoms with van der Waals surface area (Å²) in [6, 6.07) is 11.2. The first-order valence-electron chi connectivity index (χ1n) is 6.68. The molecule has 0 aliphatic rings. The molecule has 0 aliphatic carbocycles. The Bertz CT molecular complexity index is 665. The van der Waals surface area contributed by atoms with Gasteiger partial charge >= 0.3 is 0 Å². The lowest BCUT2D eigenvalue weighted by Gasteiger charge is -2.14. The Morgan fingerprint density at radius 1 is 1.19 bits per heavy atom. The smallest absolute Gasteiger partial charge is 0.252 e. The number of benzene rings is 2. The van der Waals surface area contributed by atoms with Gasteiger partial charge in [0.1, 0.15) is 6.61 Å². The number of amides is 1. The molecule has 0 aromatic heterocycles. The van der Waals surface area contributed by atoms with Crippen LogP contribution in [-0.2, 0) is 6.61 Å². The second-order valence-electron chi connectivity index (χ2n) is 4.92. The van der Waals surface area contributed by atoms with E-state index in [1.54, 1.807) is 18.2 Å². The summed E-state index contributed by atoms with van der Waals surface area (Å²) in [6.07, 6.45) is 0. The van der Waals surface area contributed by atoms with E-state index in [9.17, 15) is 4.79 Å². The third-order valence-electron chi connectivity index (χ3n) is 3.34. The summed E-state index contributed by atoms with van der Waals surface area (Å²) >= 11 is 0. The van der Waals surface area contributed by atoms with Gasteiger partial charge in [-0.2, -0.15) is 0 Å².